The Morgan fingerprint density at radius 3 is 2.95 bits per heavy atom. The topological polar surface area (TPSA) is 64.3 Å². The van der Waals surface area contributed by atoms with Crippen molar-refractivity contribution in [2.45, 2.75) is 24.5 Å². The van der Waals surface area contributed by atoms with Gasteiger partial charge >= 0.3 is 0 Å². The molecule has 0 radical (unpaired) electrons. The smallest absolute Gasteiger partial charge is 0.255 e. The van der Waals surface area contributed by atoms with Crippen LogP contribution in [-0.2, 0) is 0 Å². The minimum Gasteiger partial charge on any atom is -0.496 e. The van der Waals surface area contributed by atoms with E-state index in [1.54, 1.807) is 12.1 Å². The number of rotatable bonds is 4. The van der Waals surface area contributed by atoms with Crippen LogP contribution < -0.4 is 15.8 Å². The van der Waals surface area contributed by atoms with Gasteiger partial charge in [0.2, 0.25) is 0 Å². The van der Waals surface area contributed by atoms with Crippen LogP contribution >= 0.6 is 23.4 Å². The number of amides is 1. The molecule has 1 aromatic carbocycles. The maximum atomic E-state index is 12.3. The van der Waals surface area contributed by atoms with E-state index in [0.29, 0.717) is 28.6 Å². The Labute approximate surface area is 128 Å². The number of benzene rings is 1. The molecule has 110 valence electrons. The molecule has 0 bridgehead atoms. The molecule has 1 heterocycles. The number of methoxy groups -OCH3 is 1. The quantitative estimate of drug-likeness (QED) is 0.839. The normalized spacial score (nSPS) is 21.8. The number of nitrogens with one attached hydrogen (secondary N) is 1. The van der Waals surface area contributed by atoms with Crippen LogP contribution in [0.2, 0.25) is 5.02 Å². The lowest BCUT2D eigenvalue weighted by Crippen LogP contribution is -2.36. The van der Waals surface area contributed by atoms with Gasteiger partial charge in [0.15, 0.2) is 0 Å². The lowest BCUT2D eigenvalue weighted by molar-refractivity contribution is 0.0947. The van der Waals surface area contributed by atoms with E-state index in [1.807, 2.05) is 11.8 Å². The van der Waals surface area contributed by atoms with Crippen LogP contribution in [0.4, 0.5) is 5.69 Å². The standard InChI is InChI=1S/C14H19ClN2O2S/c1-14(4-3-5-20-14)8-17-13(18)9-6-10(15)11(16)7-12(9)19-2/h6-7H,3-5,8,16H2,1-2H3,(H,17,18). The molecule has 1 aliphatic rings. The van der Waals surface area contributed by atoms with E-state index in [9.17, 15) is 4.79 Å². The zero-order valence-electron chi connectivity index (χ0n) is 11.7. The number of thioether (sulfide) groups is 1. The summed E-state index contributed by atoms with van der Waals surface area (Å²) in [6.45, 7) is 2.82. The van der Waals surface area contributed by atoms with Gasteiger partial charge in [-0.05, 0) is 31.6 Å². The molecule has 20 heavy (non-hydrogen) atoms. The fraction of sp³-hybridized carbons (Fsp3) is 0.500. The van der Waals surface area contributed by atoms with Gasteiger partial charge in [-0.3, -0.25) is 4.79 Å². The van der Waals surface area contributed by atoms with Crippen molar-refractivity contribution in [3.63, 3.8) is 0 Å². The molecule has 1 unspecified atom stereocenters. The summed E-state index contributed by atoms with van der Waals surface area (Å²) in [6.07, 6.45) is 2.33. The predicted octanol–water partition coefficient (Wildman–Crippen LogP) is 2.95. The number of hydrogen-bond acceptors (Lipinski definition) is 4. The largest absolute Gasteiger partial charge is 0.496 e. The van der Waals surface area contributed by atoms with Crippen LogP contribution in [0.1, 0.15) is 30.1 Å². The molecule has 1 fully saturated rings. The molecule has 1 atom stereocenters. The molecule has 0 saturated carbocycles. The number of hydrogen-bond donors (Lipinski definition) is 2. The van der Waals surface area contributed by atoms with Crippen LogP contribution in [0.3, 0.4) is 0 Å². The number of ether oxygens (including phenoxy) is 1. The first-order valence-electron chi connectivity index (χ1n) is 6.50. The molecule has 0 spiro atoms. The number of carbonyl (C=O) groups excluding carboxylic acids is 1. The molecular formula is C14H19ClN2O2S. The molecule has 0 aliphatic carbocycles. The highest BCUT2D eigenvalue weighted by atomic mass is 35.5. The molecule has 6 heteroatoms. The molecular weight excluding hydrogens is 296 g/mol. The van der Waals surface area contributed by atoms with E-state index in [2.05, 4.69) is 12.2 Å². The van der Waals surface area contributed by atoms with E-state index in [1.165, 1.54) is 13.5 Å². The number of halogens is 1. The Kier molecular flexibility index (Phi) is 4.70. The summed E-state index contributed by atoms with van der Waals surface area (Å²) in [7, 11) is 1.51. The van der Waals surface area contributed by atoms with E-state index < -0.39 is 0 Å². The monoisotopic (exact) mass is 314 g/mol. The molecule has 4 nitrogen and oxygen atoms in total. The first-order chi connectivity index (χ1) is 9.45. The highest BCUT2D eigenvalue weighted by Crippen LogP contribution is 2.37. The van der Waals surface area contributed by atoms with Gasteiger partial charge in [-0.1, -0.05) is 11.6 Å². The summed E-state index contributed by atoms with van der Waals surface area (Å²) < 4.78 is 5.32. The first kappa shape index (κ1) is 15.3. The van der Waals surface area contributed by atoms with Crippen molar-refractivity contribution >= 4 is 35.0 Å². The molecule has 1 amide bonds. The summed E-state index contributed by atoms with van der Waals surface area (Å²) in [5.41, 5.74) is 6.53. The number of carbonyl (C=O) groups is 1. The number of nitrogen functional groups attached to an aromatic ring is 1. The molecule has 0 aromatic heterocycles. The van der Waals surface area contributed by atoms with E-state index >= 15 is 0 Å². The maximum Gasteiger partial charge on any atom is 0.255 e. The SMILES string of the molecule is COc1cc(N)c(Cl)cc1C(=O)NCC1(C)CCCS1. The van der Waals surface area contributed by atoms with Gasteiger partial charge in [0.25, 0.3) is 5.91 Å². The summed E-state index contributed by atoms with van der Waals surface area (Å²) in [4.78, 5) is 12.3. The Morgan fingerprint density at radius 2 is 2.35 bits per heavy atom. The fourth-order valence-electron chi connectivity index (χ4n) is 2.25. The lowest BCUT2D eigenvalue weighted by Gasteiger charge is -2.23. The molecule has 1 aliphatic heterocycles. The molecule has 2 rings (SSSR count). The summed E-state index contributed by atoms with van der Waals surface area (Å²) in [6, 6.07) is 3.12. The van der Waals surface area contributed by atoms with Gasteiger partial charge in [-0.15, -0.1) is 0 Å². The second-order valence-corrected chi connectivity index (χ2v) is 7.25. The average molecular weight is 315 g/mol. The summed E-state index contributed by atoms with van der Waals surface area (Å²) in [5.74, 6) is 1.41. The zero-order valence-corrected chi connectivity index (χ0v) is 13.2. The summed E-state index contributed by atoms with van der Waals surface area (Å²) in [5, 5.41) is 3.32. The van der Waals surface area contributed by atoms with Gasteiger partial charge in [-0.25, -0.2) is 0 Å². The third kappa shape index (κ3) is 3.33. The van der Waals surface area contributed by atoms with Gasteiger partial charge in [0, 0.05) is 17.4 Å². The average Bonchev–Trinajstić information content (AvgIpc) is 2.86. The second kappa shape index (κ2) is 6.14. The third-order valence-corrected chi connectivity index (χ3v) is 5.35. The van der Waals surface area contributed by atoms with Crippen molar-refractivity contribution in [2.75, 3.05) is 25.1 Å². The number of anilines is 1. The Morgan fingerprint density at radius 1 is 1.60 bits per heavy atom. The second-order valence-electron chi connectivity index (χ2n) is 5.16. The molecule has 1 aromatic rings. The Hall–Kier alpha value is -1.07. The van der Waals surface area contributed by atoms with Crippen LogP contribution in [0.15, 0.2) is 12.1 Å². The van der Waals surface area contributed by atoms with Crippen LogP contribution in [-0.4, -0.2) is 30.1 Å². The van der Waals surface area contributed by atoms with E-state index in [0.717, 1.165) is 12.2 Å². The van der Waals surface area contributed by atoms with Crippen molar-refractivity contribution in [2.24, 2.45) is 0 Å². The van der Waals surface area contributed by atoms with Crippen LogP contribution in [0.25, 0.3) is 0 Å². The Bertz CT molecular complexity index is 516. The highest BCUT2D eigenvalue weighted by Gasteiger charge is 2.30. The minimum atomic E-state index is -0.183. The van der Waals surface area contributed by atoms with Gasteiger partial charge in [-0.2, -0.15) is 11.8 Å². The van der Waals surface area contributed by atoms with Crippen LogP contribution in [0.5, 0.6) is 5.75 Å². The van der Waals surface area contributed by atoms with Gasteiger partial charge in [0.05, 0.1) is 23.4 Å². The lowest BCUT2D eigenvalue weighted by atomic mass is 10.1. The third-order valence-electron chi connectivity index (χ3n) is 3.49. The maximum absolute atomic E-state index is 12.3. The van der Waals surface area contributed by atoms with Crippen molar-refractivity contribution in [1.29, 1.82) is 0 Å². The number of nitrogens with two attached hydrogens (primary N) is 1. The van der Waals surface area contributed by atoms with Crippen molar-refractivity contribution in [1.82, 2.24) is 5.32 Å². The highest BCUT2D eigenvalue weighted by molar-refractivity contribution is 8.00. The van der Waals surface area contributed by atoms with Crippen molar-refractivity contribution < 1.29 is 9.53 Å². The molecule has 1 saturated heterocycles. The van der Waals surface area contributed by atoms with E-state index in [4.69, 9.17) is 22.1 Å². The van der Waals surface area contributed by atoms with Crippen molar-refractivity contribution in [3.8, 4) is 5.75 Å². The first-order valence-corrected chi connectivity index (χ1v) is 7.87. The van der Waals surface area contributed by atoms with Crippen molar-refractivity contribution in [3.05, 3.63) is 22.7 Å². The van der Waals surface area contributed by atoms with Crippen LogP contribution in [0, 0.1) is 0 Å². The van der Waals surface area contributed by atoms with Gasteiger partial charge in [0.1, 0.15) is 5.75 Å². The van der Waals surface area contributed by atoms with E-state index in [-0.39, 0.29) is 10.7 Å². The predicted molar refractivity (Wildman–Crippen MR) is 84.8 cm³/mol. The molecule has 3 N–H and O–H groups in total. The zero-order chi connectivity index (χ0) is 14.8. The summed E-state index contributed by atoms with van der Waals surface area (Å²) >= 11 is 7.88. The fourth-order valence-corrected chi connectivity index (χ4v) is 3.66. The Balaban J connectivity index is 2.10. The van der Waals surface area contributed by atoms with Gasteiger partial charge < -0.3 is 15.8 Å². The minimum absolute atomic E-state index is 0.125.